The number of rotatable bonds is 4. The molecule has 120 valence electrons. The van der Waals surface area contributed by atoms with Gasteiger partial charge in [-0.3, -0.25) is 4.40 Å². The molecular weight excluding hydrogens is 316 g/mol. The first kappa shape index (κ1) is 15.2. The van der Waals surface area contributed by atoms with Crippen LogP contribution in [0.15, 0.2) is 52.8 Å². The minimum Gasteiger partial charge on any atom is -0.507 e. The monoisotopic (exact) mass is 326 g/mol. The predicted octanol–water partition coefficient (Wildman–Crippen LogP) is 2.85. The number of hydrogen-bond acceptors (Lipinski definition) is 6. The van der Waals surface area contributed by atoms with Gasteiger partial charge in [0.25, 0.3) is 0 Å². The Kier molecular flexibility index (Phi) is 3.66. The number of carboxylic acid groups (broad SMARTS) is 2. The largest absolute Gasteiger partial charge is 0.507 e. The Morgan fingerprint density at radius 2 is 1.83 bits per heavy atom. The second-order valence-electron chi connectivity index (χ2n) is 4.72. The number of aromatic hydroxyl groups is 1. The molecule has 3 N–H and O–H groups in total. The summed E-state index contributed by atoms with van der Waals surface area (Å²) in [7, 11) is 0. The van der Waals surface area contributed by atoms with Crippen LogP contribution in [-0.2, 0) is 0 Å². The number of carboxylic acids is 2. The minimum atomic E-state index is -1.31. The first-order valence-corrected chi connectivity index (χ1v) is 6.66. The van der Waals surface area contributed by atoms with Gasteiger partial charge in [0.15, 0.2) is 11.5 Å². The van der Waals surface area contributed by atoms with E-state index < -0.39 is 17.7 Å². The first-order chi connectivity index (χ1) is 11.5. The van der Waals surface area contributed by atoms with Crippen molar-refractivity contribution in [2.45, 2.75) is 0 Å². The molecule has 0 atom stereocenters. The van der Waals surface area contributed by atoms with E-state index in [1.807, 2.05) is 0 Å². The molecule has 0 saturated heterocycles. The van der Waals surface area contributed by atoms with E-state index in [4.69, 9.17) is 5.11 Å². The summed E-state index contributed by atoms with van der Waals surface area (Å²) in [4.78, 5) is 26.3. The number of phenols is 1. The molecular formula is C15H10N4O5. The third-order valence-electron chi connectivity index (χ3n) is 3.18. The van der Waals surface area contributed by atoms with Crippen molar-refractivity contribution in [3.05, 3.63) is 53.9 Å². The van der Waals surface area contributed by atoms with Gasteiger partial charge in [0.1, 0.15) is 17.0 Å². The zero-order chi connectivity index (χ0) is 17.3. The lowest BCUT2D eigenvalue weighted by atomic mass is 10.2. The molecule has 0 saturated carbocycles. The van der Waals surface area contributed by atoms with E-state index in [-0.39, 0.29) is 22.8 Å². The Hall–Kier alpha value is -3.75. The minimum absolute atomic E-state index is 0.00282. The summed E-state index contributed by atoms with van der Waals surface area (Å²) in [6.07, 6.45) is 1.59. The van der Waals surface area contributed by atoms with E-state index in [2.05, 4.69) is 15.2 Å². The Morgan fingerprint density at radius 1 is 1.04 bits per heavy atom. The van der Waals surface area contributed by atoms with Crippen LogP contribution in [0, 0.1) is 0 Å². The number of azo groups is 1. The lowest BCUT2D eigenvalue weighted by Gasteiger charge is -2.00. The SMILES string of the molecule is O=C(O)c1cc(N=Nc2c(C(=O)O)nc3ccccn23)ccc1O. The number of aromatic carboxylic acids is 2. The number of imidazole rings is 1. The molecule has 0 unspecified atom stereocenters. The van der Waals surface area contributed by atoms with Crippen LogP contribution in [-0.4, -0.2) is 36.6 Å². The summed E-state index contributed by atoms with van der Waals surface area (Å²) in [5.41, 5.74) is -0.0709. The van der Waals surface area contributed by atoms with Crippen molar-refractivity contribution < 1.29 is 24.9 Å². The summed E-state index contributed by atoms with van der Waals surface area (Å²) in [6, 6.07) is 8.66. The van der Waals surface area contributed by atoms with Gasteiger partial charge in [0.2, 0.25) is 0 Å². The Bertz CT molecular complexity index is 993. The highest BCUT2D eigenvalue weighted by Gasteiger charge is 2.18. The molecule has 24 heavy (non-hydrogen) atoms. The second kappa shape index (κ2) is 5.80. The zero-order valence-corrected chi connectivity index (χ0v) is 12.0. The molecule has 0 bridgehead atoms. The molecule has 0 aliphatic carbocycles. The fourth-order valence-electron chi connectivity index (χ4n) is 2.08. The zero-order valence-electron chi connectivity index (χ0n) is 12.0. The fraction of sp³-hybridized carbons (Fsp3) is 0. The van der Waals surface area contributed by atoms with Crippen LogP contribution in [0.1, 0.15) is 20.8 Å². The van der Waals surface area contributed by atoms with E-state index in [0.717, 1.165) is 6.07 Å². The van der Waals surface area contributed by atoms with Crippen LogP contribution in [0.4, 0.5) is 11.5 Å². The van der Waals surface area contributed by atoms with Gasteiger partial charge >= 0.3 is 11.9 Å². The molecule has 1 aromatic carbocycles. The molecule has 0 amide bonds. The Balaban J connectivity index is 2.08. The number of fused-ring (bicyclic) bond motifs is 1. The summed E-state index contributed by atoms with van der Waals surface area (Å²) < 4.78 is 1.45. The van der Waals surface area contributed by atoms with Crippen molar-refractivity contribution in [1.82, 2.24) is 9.38 Å². The maximum atomic E-state index is 11.3. The highest BCUT2D eigenvalue weighted by atomic mass is 16.4. The van der Waals surface area contributed by atoms with Gasteiger partial charge in [-0.1, -0.05) is 6.07 Å². The van der Waals surface area contributed by atoms with Crippen LogP contribution in [0.25, 0.3) is 5.65 Å². The molecule has 9 heteroatoms. The van der Waals surface area contributed by atoms with Crippen molar-refractivity contribution in [3.63, 3.8) is 0 Å². The van der Waals surface area contributed by atoms with Crippen molar-refractivity contribution in [1.29, 1.82) is 0 Å². The average Bonchev–Trinajstić information content (AvgIpc) is 2.93. The highest BCUT2D eigenvalue weighted by Crippen LogP contribution is 2.27. The van der Waals surface area contributed by atoms with E-state index in [1.54, 1.807) is 24.4 Å². The molecule has 3 aromatic rings. The Morgan fingerprint density at radius 3 is 2.54 bits per heavy atom. The number of nitrogens with zero attached hydrogens (tertiary/aromatic N) is 4. The molecule has 3 rings (SSSR count). The third kappa shape index (κ3) is 2.65. The highest BCUT2D eigenvalue weighted by molar-refractivity contribution is 5.92. The van der Waals surface area contributed by atoms with Gasteiger partial charge in [-0.15, -0.1) is 10.2 Å². The number of carbonyl (C=O) groups is 2. The Labute approximate surface area is 134 Å². The fourth-order valence-corrected chi connectivity index (χ4v) is 2.08. The van der Waals surface area contributed by atoms with E-state index in [1.165, 1.54) is 16.5 Å². The molecule has 0 fully saturated rings. The van der Waals surface area contributed by atoms with Gasteiger partial charge in [-0.25, -0.2) is 14.6 Å². The van der Waals surface area contributed by atoms with Gasteiger partial charge < -0.3 is 15.3 Å². The summed E-state index contributed by atoms with van der Waals surface area (Å²) in [5.74, 6) is -2.97. The smallest absolute Gasteiger partial charge is 0.358 e. The van der Waals surface area contributed by atoms with Crippen molar-refractivity contribution >= 4 is 29.1 Å². The summed E-state index contributed by atoms with van der Waals surface area (Å²) >= 11 is 0. The second-order valence-corrected chi connectivity index (χ2v) is 4.72. The first-order valence-electron chi connectivity index (χ1n) is 6.66. The van der Waals surface area contributed by atoms with Crippen molar-refractivity contribution in [2.75, 3.05) is 0 Å². The van der Waals surface area contributed by atoms with E-state index in [9.17, 15) is 19.8 Å². The van der Waals surface area contributed by atoms with Gasteiger partial charge in [-0.05, 0) is 30.3 Å². The molecule has 0 spiro atoms. The van der Waals surface area contributed by atoms with Crippen LogP contribution < -0.4 is 0 Å². The molecule has 0 radical (unpaired) electrons. The third-order valence-corrected chi connectivity index (χ3v) is 3.18. The number of pyridine rings is 1. The van der Waals surface area contributed by atoms with Gasteiger partial charge in [0, 0.05) is 6.20 Å². The van der Waals surface area contributed by atoms with Crippen LogP contribution in [0.3, 0.4) is 0 Å². The summed E-state index contributed by atoms with van der Waals surface area (Å²) in [5, 5.41) is 35.4. The molecule has 9 nitrogen and oxygen atoms in total. The molecule has 2 aromatic heterocycles. The average molecular weight is 326 g/mol. The van der Waals surface area contributed by atoms with Crippen LogP contribution in [0.5, 0.6) is 5.75 Å². The van der Waals surface area contributed by atoms with E-state index >= 15 is 0 Å². The van der Waals surface area contributed by atoms with Crippen LogP contribution >= 0.6 is 0 Å². The lowest BCUT2D eigenvalue weighted by molar-refractivity contribution is 0.0682. The van der Waals surface area contributed by atoms with Gasteiger partial charge in [-0.2, -0.15) is 0 Å². The number of hydrogen-bond donors (Lipinski definition) is 3. The lowest BCUT2D eigenvalue weighted by Crippen LogP contribution is -1.96. The normalized spacial score (nSPS) is 11.2. The predicted molar refractivity (Wildman–Crippen MR) is 81.4 cm³/mol. The topological polar surface area (TPSA) is 137 Å². The maximum Gasteiger partial charge on any atom is 0.358 e. The number of aromatic nitrogens is 2. The van der Waals surface area contributed by atoms with E-state index in [0.29, 0.717) is 5.65 Å². The maximum absolute atomic E-state index is 11.3. The van der Waals surface area contributed by atoms with Crippen molar-refractivity contribution in [2.24, 2.45) is 10.2 Å². The van der Waals surface area contributed by atoms with Gasteiger partial charge in [0.05, 0.1) is 5.69 Å². The molecule has 0 aliphatic heterocycles. The standard InChI is InChI=1S/C15H10N4O5/c20-10-5-4-8(7-9(10)14(21)22)17-18-13-12(15(23)24)16-11-3-1-2-6-19(11)13/h1-7,20H,(H,21,22)(H,23,24). The number of benzene rings is 1. The summed E-state index contributed by atoms with van der Waals surface area (Å²) in [6.45, 7) is 0. The molecule has 0 aliphatic rings. The quantitative estimate of drug-likeness (QED) is 0.630. The molecule has 2 heterocycles. The van der Waals surface area contributed by atoms with Crippen molar-refractivity contribution in [3.8, 4) is 5.75 Å². The van der Waals surface area contributed by atoms with Crippen LogP contribution in [0.2, 0.25) is 0 Å².